The maximum absolute atomic E-state index is 11.7. The Hall–Kier alpha value is -1.03. The lowest BCUT2D eigenvalue weighted by molar-refractivity contribution is -0.139. The summed E-state index contributed by atoms with van der Waals surface area (Å²) < 4.78 is 11.1. The molecule has 43 heavy (non-hydrogen) atoms. The van der Waals surface area contributed by atoms with Crippen molar-refractivity contribution in [2.24, 2.45) is 0 Å². The quantitative estimate of drug-likeness (QED) is 0.0590. The number of aliphatic hydroxyl groups excluding tert-OH is 5. The van der Waals surface area contributed by atoms with Crippen molar-refractivity contribution in [3.63, 3.8) is 0 Å². The summed E-state index contributed by atoms with van der Waals surface area (Å²) in [6.45, 7) is 4.04. The lowest BCUT2D eigenvalue weighted by Gasteiger charge is -2.23. The van der Waals surface area contributed by atoms with Crippen molar-refractivity contribution < 1.29 is 39.8 Å². The van der Waals surface area contributed by atoms with Gasteiger partial charge in [-0.25, -0.2) is 4.79 Å². The largest absolute Gasteiger partial charge is 0.455 e. The van der Waals surface area contributed by atoms with Crippen molar-refractivity contribution >= 4 is 5.97 Å². The molecule has 8 nitrogen and oxygen atoms in total. The average Bonchev–Trinajstić information content (AvgIpc) is 3.59. The number of esters is 1. The molecule has 1 fully saturated rings. The molecule has 2 aliphatic rings. The molecule has 0 aromatic heterocycles. The fraction of sp³-hybridized carbons (Fsp3) is 0.914. The Balaban J connectivity index is 1.46. The summed E-state index contributed by atoms with van der Waals surface area (Å²) >= 11 is 0. The SMILES string of the molecule is CCCCCCCCCCCC[C@H](O)[C@H]1CC[C@H]([C@H](O)CCC[C@H](O)[C@H](O)CCCCC[C@@H](O)CC2=C[C@H](C)OC2=O)O1. The van der Waals surface area contributed by atoms with E-state index >= 15 is 0 Å². The lowest BCUT2D eigenvalue weighted by atomic mass is 9.97. The minimum Gasteiger partial charge on any atom is -0.455 e. The van der Waals surface area contributed by atoms with E-state index < -0.39 is 30.5 Å². The molecule has 0 saturated carbocycles. The van der Waals surface area contributed by atoms with E-state index in [0.717, 1.165) is 51.4 Å². The molecule has 0 aromatic carbocycles. The number of hydrogen-bond acceptors (Lipinski definition) is 8. The summed E-state index contributed by atoms with van der Waals surface area (Å²) in [5.74, 6) is -0.343. The van der Waals surface area contributed by atoms with Crippen LogP contribution in [0.2, 0.25) is 0 Å². The van der Waals surface area contributed by atoms with Gasteiger partial charge in [-0.3, -0.25) is 0 Å². The average molecular weight is 613 g/mol. The minimum atomic E-state index is -0.833. The normalized spacial score (nSPS) is 24.0. The van der Waals surface area contributed by atoms with Gasteiger partial charge in [0.25, 0.3) is 0 Å². The van der Waals surface area contributed by atoms with Gasteiger partial charge in [-0.1, -0.05) is 90.4 Å². The molecule has 0 spiro atoms. The van der Waals surface area contributed by atoms with E-state index in [-0.39, 0.29) is 24.3 Å². The summed E-state index contributed by atoms with van der Waals surface area (Å²) in [7, 11) is 0. The molecule has 0 unspecified atom stereocenters. The fourth-order valence-electron chi connectivity index (χ4n) is 6.44. The zero-order valence-electron chi connectivity index (χ0n) is 27.2. The zero-order valence-corrected chi connectivity index (χ0v) is 27.2. The Labute approximate surface area is 261 Å². The number of unbranched alkanes of at least 4 members (excludes halogenated alkanes) is 11. The molecule has 8 atom stereocenters. The molecule has 0 radical (unpaired) electrons. The number of hydrogen-bond donors (Lipinski definition) is 5. The lowest BCUT2D eigenvalue weighted by Crippen LogP contribution is -2.31. The maximum Gasteiger partial charge on any atom is 0.334 e. The standard InChI is InChI=1S/C35H64O8/c1-3-4-5-6-7-8-9-10-11-14-19-31(39)33-22-23-34(43-33)32(40)21-16-20-30(38)29(37)18-15-12-13-17-28(36)25-27-24-26(2)42-35(27)41/h24,26,28-34,36-40H,3-23,25H2,1-2H3/t26-,28+,29+,30-,31-,32+,33+,34+/m0/s1. The van der Waals surface area contributed by atoms with Crippen molar-refractivity contribution in [3.8, 4) is 0 Å². The molecular weight excluding hydrogens is 548 g/mol. The summed E-state index contributed by atoms with van der Waals surface area (Å²) in [6.07, 6.45) is 17.9. The van der Waals surface area contributed by atoms with Gasteiger partial charge in [0.1, 0.15) is 6.10 Å². The summed E-state index contributed by atoms with van der Waals surface area (Å²) in [5, 5.41) is 52.1. The van der Waals surface area contributed by atoms with Crippen LogP contribution < -0.4 is 0 Å². The van der Waals surface area contributed by atoms with Crippen LogP contribution in [0.5, 0.6) is 0 Å². The zero-order chi connectivity index (χ0) is 31.5. The first-order valence-electron chi connectivity index (χ1n) is 17.7. The molecule has 2 aliphatic heterocycles. The first-order chi connectivity index (χ1) is 20.7. The second kappa shape index (κ2) is 22.5. The van der Waals surface area contributed by atoms with Gasteiger partial charge in [-0.15, -0.1) is 0 Å². The van der Waals surface area contributed by atoms with E-state index in [0.29, 0.717) is 44.1 Å². The van der Waals surface area contributed by atoms with Gasteiger partial charge in [0, 0.05) is 12.0 Å². The first kappa shape index (κ1) is 38.2. The van der Waals surface area contributed by atoms with Crippen LogP contribution in [0.25, 0.3) is 0 Å². The Morgan fingerprint density at radius 3 is 1.70 bits per heavy atom. The second-order valence-electron chi connectivity index (χ2n) is 13.3. The van der Waals surface area contributed by atoms with Crippen LogP contribution in [0.15, 0.2) is 11.6 Å². The number of carbonyl (C=O) groups excluding carboxylic acids is 1. The van der Waals surface area contributed by atoms with Crippen molar-refractivity contribution in [2.45, 2.75) is 204 Å². The number of rotatable bonds is 26. The van der Waals surface area contributed by atoms with Crippen LogP contribution in [-0.4, -0.2) is 80.3 Å². The molecule has 0 bridgehead atoms. The van der Waals surface area contributed by atoms with E-state index in [2.05, 4.69) is 6.92 Å². The van der Waals surface area contributed by atoms with Crippen LogP contribution in [0.1, 0.15) is 155 Å². The highest BCUT2D eigenvalue weighted by molar-refractivity contribution is 5.90. The molecule has 2 heterocycles. The van der Waals surface area contributed by atoms with E-state index in [1.165, 1.54) is 51.4 Å². The molecule has 5 N–H and O–H groups in total. The molecule has 1 saturated heterocycles. The Morgan fingerprint density at radius 2 is 1.14 bits per heavy atom. The molecule has 2 rings (SSSR count). The maximum atomic E-state index is 11.7. The monoisotopic (exact) mass is 612 g/mol. The van der Waals surface area contributed by atoms with Gasteiger partial charge in [-0.05, 0) is 64.4 Å². The number of aliphatic hydroxyl groups is 5. The van der Waals surface area contributed by atoms with Crippen LogP contribution in [0, 0.1) is 0 Å². The van der Waals surface area contributed by atoms with E-state index in [1.54, 1.807) is 13.0 Å². The topological polar surface area (TPSA) is 137 Å². The Morgan fingerprint density at radius 1 is 0.674 bits per heavy atom. The van der Waals surface area contributed by atoms with Gasteiger partial charge < -0.3 is 35.0 Å². The van der Waals surface area contributed by atoms with Crippen molar-refractivity contribution in [1.29, 1.82) is 0 Å². The van der Waals surface area contributed by atoms with Crippen molar-refractivity contribution in [3.05, 3.63) is 11.6 Å². The second-order valence-corrected chi connectivity index (χ2v) is 13.3. The van der Waals surface area contributed by atoms with Gasteiger partial charge in [0.05, 0.1) is 42.7 Å². The predicted molar refractivity (Wildman–Crippen MR) is 170 cm³/mol. The van der Waals surface area contributed by atoms with E-state index in [4.69, 9.17) is 9.47 Å². The Bertz CT molecular complexity index is 758. The van der Waals surface area contributed by atoms with Gasteiger partial charge in [0.15, 0.2) is 0 Å². The summed E-state index contributed by atoms with van der Waals surface area (Å²) in [5.41, 5.74) is 0.542. The Kier molecular flexibility index (Phi) is 19.9. The van der Waals surface area contributed by atoms with Crippen LogP contribution in [0.3, 0.4) is 0 Å². The molecular formula is C35H64O8. The van der Waals surface area contributed by atoms with Crippen LogP contribution in [0.4, 0.5) is 0 Å². The van der Waals surface area contributed by atoms with Crippen LogP contribution in [-0.2, 0) is 14.3 Å². The minimum absolute atomic E-state index is 0.202. The van der Waals surface area contributed by atoms with E-state index in [1.807, 2.05) is 0 Å². The number of ether oxygens (including phenoxy) is 2. The van der Waals surface area contributed by atoms with Gasteiger partial charge in [0.2, 0.25) is 0 Å². The highest BCUT2D eigenvalue weighted by Crippen LogP contribution is 2.28. The third kappa shape index (κ3) is 16.2. The fourth-order valence-corrected chi connectivity index (χ4v) is 6.44. The molecule has 0 aromatic rings. The molecule has 0 aliphatic carbocycles. The summed E-state index contributed by atoms with van der Waals surface area (Å²) in [6, 6.07) is 0. The van der Waals surface area contributed by atoms with Crippen molar-refractivity contribution in [1.82, 2.24) is 0 Å². The third-order valence-electron chi connectivity index (χ3n) is 9.22. The molecule has 252 valence electrons. The number of cyclic esters (lactones) is 1. The highest BCUT2D eigenvalue weighted by Gasteiger charge is 2.34. The van der Waals surface area contributed by atoms with Gasteiger partial charge >= 0.3 is 5.97 Å². The molecule has 0 amide bonds. The predicted octanol–water partition coefficient (Wildman–Crippen LogP) is 6.03. The van der Waals surface area contributed by atoms with Gasteiger partial charge in [-0.2, -0.15) is 0 Å². The van der Waals surface area contributed by atoms with Crippen LogP contribution >= 0.6 is 0 Å². The summed E-state index contributed by atoms with van der Waals surface area (Å²) in [4.78, 5) is 11.7. The highest BCUT2D eigenvalue weighted by atomic mass is 16.5. The third-order valence-corrected chi connectivity index (χ3v) is 9.22. The smallest absolute Gasteiger partial charge is 0.334 e. The van der Waals surface area contributed by atoms with Crippen molar-refractivity contribution in [2.75, 3.05) is 0 Å². The number of carbonyl (C=O) groups is 1. The first-order valence-corrected chi connectivity index (χ1v) is 17.7. The molecule has 8 heteroatoms. The van der Waals surface area contributed by atoms with E-state index in [9.17, 15) is 30.3 Å².